The van der Waals surface area contributed by atoms with Crippen LogP contribution in [0.25, 0.3) is 22.6 Å². The van der Waals surface area contributed by atoms with E-state index in [1.54, 1.807) is 48.3 Å². The molecule has 2 fully saturated rings. The summed E-state index contributed by atoms with van der Waals surface area (Å²) in [5.41, 5.74) is 4.30. The quantitative estimate of drug-likeness (QED) is 0.331. The molecule has 2 saturated carbocycles. The number of rotatable bonds is 9. The maximum absolute atomic E-state index is 13.7. The Hall–Kier alpha value is -3.73. The Bertz CT molecular complexity index is 1710. The van der Waals surface area contributed by atoms with Crippen molar-refractivity contribution in [2.75, 3.05) is 11.1 Å². The van der Waals surface area contributed by atoms with Crippen LogP contribution in [0.1, 0.15) is 61.9 Å². The number of hydrogen-bond donors (Lipinski definition) is 1. The Kier molecular flexibility index (Phi) is 6.62. The van der Waals surface area contributed by atoms with Gasteiger partial charge in [0.2, 0.25) is 0 Å². The average molecular weight is 546 g/mol. The van der Waals surface area contributed by atoms with Crippen LogP contribution in [0.3, 0.4) is 0 Å². The molecular weight excluding hydrogens is 514 g/mol. The molecule has 0 unspecified atom stereocenters. The zero-order valence-electron chi connectivity index (χ0n) is 22.1. The summed E-state index contributed by atoms with van der Waals surface area (Å²) in [6.45, 7) is 4.46. The van der Waals surface area contributed by atoms with Crippen LogP contribution in [0, 0.1) is 12.8 Å². The summed E-state index contributed by atoms with van der Waals surface area (Å²) < 4.78 is 26.0. The minimum absolute atomic E-state index is 0.0503. The standard InChI is InChI=1S/C28H31N7O3S/c1-3-39(37,38)21-11-7-18(8-12-21)13-29-26-28(36)35(15-19-5-4-6-19)27-22(33-26)14-30-25(34-27)23-17(2)31-16-32-24(23)20-9-10-20/h7-8,11-12,14,16,19-20H,3-6,9-10,13,15H2,1-2H3,(H,29,33). The van der Waals surface area contributed by atoms with E-state index in [2.05, 4.69) is 25.3 Å². The van der Waals surface area contributed by atoms with Crippen LogP contribution in [0.4, 0.5) is 5.82 Å². The lowest BCUT2D eigenvalue weighted by Gasteiger charge is -2.26. The Labute approximate surface area is 226 Å². The molecule has 0 atom stereocenters. The molecule has 0 saturated heterocycles. The Balaban J connectivity index is 1.36. The molecule has 4 aromatic rings. The summed E-state index contributed by atoms with van der Waals surface area (Å²) in [6, 6.07) is 6.69. The van der Waals surface area contributed by atoms with Crippen LogP contribution in [-0.2, 0) is 22.9 Å². The van der Waals surface area contributed by atoms with Crippen LogP contribution in [0.2, 0.25) is 0 Å². The molecule has 39 heavy (non-hydrogen) atoms. The van der Waals surface area contributed by atoms with Crippen molar-refractivity contribution in [2.45, 2.75) is 69.9 Å². The third kappa shape index (κ3) is 5.03. The highest BCUT2D eigenvalue weighted by molar-refractivity contribution is 7.91. The predicted octanol–water partition coefficient (Wildman–Crippen LogP) is 4.04. The van der Waals surface area contributed by atoms with E-state index in [0.717, 1.165) is 48.2 Å². The molecule has 1 aromatic carbocycles. The molecule has 0 radical (unpaired) electrons. The lowest BCUT2D eigenvalue weighted by molar-refractivity contribution is 0.276. The average Bonchev–Trinajstić information content (AvgIpc) is 3.76. The van der Waals surface area contributed by atoms with Gasteiger partial charge in [-0.1, -0.05) is 25.5 Å². The van der Waals surface area contributed by atoms with Crippen LogP contribution in [-0.4, -0.2) is 43.7 Å². The van der Waals surface area contributed by atoms with Crippen molar-refractivity contribution in [2.24, 2.45) is 5.92 Å². The summed E-state index contributed by atoms with van der Waals surface area (Å²) in [5.74, 6) is 1.62. The third-order valence-electron chi connectivity index (χ3n) is 7.73. The fraction of sp³-hybridized carbons (Fsp3) is 0.429. The predicted molar refractivity (Wildman–Crippen MR) is 148 cm³/mol. The Morgan fingerprint density at radius 1 is 1.03 bits per heavy atom. The van der Waals surface area contributed by atoms with E-state index >= 15 is 0 Å². The van der Waals surface area contributed by atoms with Crippen molar-refractivity contribution >= 4 is 26.8 Å². The highest BCUT2D eigenvalue weighted by atomic mass is 32.2. The van der Waals surface area contributed by atoms with E-state index in [-0.39, 0.29) is 22.0 Å². The number of aromatic nitrogens is 6. The molecular formula is C28H31N7O3S. The molecule has 0 amide bonds. The van der Waals surface area contributed by atoms with Gasteiger partial charge in [0.25, 0.3) is 5.56 Å². The number of benzene rings is 1. The topological polar surface area (TPSA) is 133 Å². The highest BCUT2D eigenvalue weighted by Crippen LogP contribution is 2.43. The number of fused-ring (bicyclic) bond motifs is 1. The fourth-order valence-corrected chi connectivity index (χ4v) is 5.86. The molecule has 3 heterocycles. The minimum Gasteiger partial charge on any atom is -0.361 e. The molecule has 1 N–H and O–H groups in total. The Morgan fingerprint density at radius 2 is 1.79 bits per heavy atom. The molecule has 11 heteroatoms. The molecule has 2 aliphatic rings. The van der Waals surface area contributed by atoms with Gasteiger partial charge in [-0.15, -0.1) is 0 Å². The number of nitrogens with zero attached hydrogens (tertiary/aromatic N) is 6. The van der Waals surface area contributed by atoms with Crippen LogP contribution in [0.15, 0.2) is 46.5 Å². The van der Waals surface area contributed by atoms with E-state index in [9.17, 15) is 13.2 Å². The summed E-state index contributed by atoms with van der Waals surface area (Å²) in [6.07, 6.45) is 8.79. The lowest BCUT2D eigenvalue weighted by Crippen LogP contribution is -2.30. The van der Waals surface area contributed by atoms with E-state index in [0.29, 0.717) is 41.9 Å². The molecule has 6 rings (SSSR count). The smallest absolute Gasteiger partial charge is 0.294 e. The van der Waals surface area contributed by atoms with Gasteiger partial charge < -0.3 is 5.32 Å². The second-order valence-corrected chi connectivity index (χ2v) is 12.7. The van der Waals surface area contributed by atoms with Gasteiger partial charge in [0.15, 0.2) is 27.1 Å². The summed E-state index contributed by atoms with van der Waals surface area (Å²) >= 11 is 0. The summed E-state index contributed by atoms with van der Waals surface area (Å²) in [5, 5.41) is 3.16. The molecule has 0 bridgehead atoms. The largest absolute Gasteiger partial charge is 0.361 e. The first-order valence-electron chi connectivity index (χ1n) is 13.5. The van der Waals surface area contributed by atoms with Gasteiger partial charge in [-0.05, 0) is 56.2 Å². The second kappa shape index (κ2) is 10.1. The maximum Gasteiger partial charge on any atom is 0.294 e. The van der Waals surface area contributed by atoms with E-state index < -0.39 is 9.84 Å². The zero-order valence-corrected chi connectivity index (χ0v) is 22.9. The molecule has 3 aromatic heterocycles. The second-order valence-electron chi connectivity index (χ2n) is 10.5. The minimum atomic E-state index is -3.27. The number of sulfone groups is 1. The van der Waals surface area contributed by atoms with Gasteiger partial charge in [0.05, 0.1) is 33.8 Å². The summed E-state index contributed by atoms with van der Waals surface area (Å²) in [4.78, 5) is 37.0. The maximum atomic E-state index is 13.7. The molecule has 0 spiro atoms. The van der Waals surface area contributed by atoms with Crippen molar-refractivity contribution in [3.8, 4) is 11.4 Å². The number of hydrogen-bond acceptors (Lipinski definition) is 9. The van der Waals surface area contributed by atoms with Crippen molar-refractivity contribution in [1.82, 2.24) is 29.5 Å². The van der Waals surface area contributed by atoms with Crippen molar-refractivity contribution in [3.63, 3.8) is 0 Å². The fourth-order valence-electron chi connectivity index (χ4n) is 4.98. The monoisotopic (exact) mass is 545 g/mol. The van der Waals surface area contributed by atoms with Gasteiger partial charge in [-0.3, -0.25) is 9.36 Å². The van der Waals surface area contributed by atoms with Crippen molar-refractivity contribution in [1.29, 1.82) is 0 Å². The van der Waals surface area contributed by atoms with Crippen molar-refractivity contribution in [3.05, 3.63) is 64.1 Å². The van der Waals surface area contributed by atoms with Crippen LogP contribution >= 0.6 is 0 Å². The summed E-state index contributed by atoms with van der Waals surface area (Å²) in [7, 11) is -3.27. The molecule has 0 aliphatic heterocycles. The van der Waals surface area contributed by atoms with Gasteiger partial charge in [0.1, 0.15) is 11.8 Å². The highest BCUT2D eigenvalue weighted by Gasteiger charge is 2.30. The first kappa shape index (κ1) is 25.5. The zero-order chi connectivity index (χ0) is 27.1. The van der Waals surface area contributed by atoms with Gasteiger partial charge in [0, 0.05) is 19.0 Å². The van der Waals surface area contributed by atoms with Crippen LogP contribution < -0.4 is 10.9 Å². The first-order chi connectivity index (χ1) is 18.8. The molecule has 2 aliphatic carbocycles. The number of aryl methyl sites for hydroxylation is 1. The molecule has 10 nitrogen and oxygen atoms in total. The van der Waals surface area contributed by atoms with E-state index in [1.165, 1.54) is 6.42 Å². The first-order valence-corrected chi connectivity index (χ1v) is 15.1. The van der Waals surface area contributed by atoms with E-state index in [1.807, 2.05) is 6.92 Å². The van der Waals surface area contributed by atoms with Gasteiger partial charge in [-0.2, -0.15) is 0 Å². The Morgan fingerprint density at radius 3 is 2.46 bits per heavy atom. The number of anilines is 1. The SMILES string of the molecule is CCS(=O)(=O)c1ccc(CNc2nc3cnc(-c4c(C)ncnc4C4CC4)nc3n(CC3CCC3)c2=O)cc1. The van der Waals surface area contributed by atoms with Gasteiger partial charge >= 0.3 is 0 Å². The third-order valence-corrected chi connectivity index (χ3v) is 9.48. The number of nitrogens with one attached hydrogen (secondary N) is 1. The lowest BCUT2D eigenvalue weighted by atomic mass is 9.85. The normalized spacial score (nSPS) is 15.8. The van der Waals surface area contributed by atoms with Gasteiger partial charge in [-0.25, -0.2) is 33.3 Å². The van der Waals surface area contributed by atoms with Crippen LogP contribution in [0.5, 0.6) is 0 Å². The van der Waals surface area contributed by atoms with E-state index in [4.69, 9.17) is 4.98 Å². The van der Waals surface area contributed by atoms with Crippen molar-refractivity contribution < 1.29 is 8.42 Å². The molecule has 202 valence electrons.